The molecule has 0 fully saturated rings. The molecule has 0 saturated carbocycles. The molecule has 0 aliphatic rings. The van der Waals surface area contributed by atoms with E-state index in [1.807, 2.05) is 0 Å². The van der Waals surface area contributed by atoms with Crippen molar-refractivity contribution < 1.29 is 19.4 Å². The van der Waals surface area contributed by atoms with Crippen LogP contribution in [0.3, 0.4) is 0 Å². The first-order chi connectivity index (χ1) is 9.56. The van der Waals surface area contributed by atoms with Crippen molar-refractivity contribution in [1.82, 2.24) is 10.2 Å². The second-order valence-corrected chi connectivity index (χ2v) is 4.14. The van der Waals surface area contributed by atoms with Crippen molar-refractivity contribution in [1.29, 1.82) is 0 Å². The van der Waals surface area contributed by atoms with Gasteiger partial charge in [0.1, 0.15) is 11.5 Å². The molecule has 20 heavy (non-hydrogen) atoms. The van der Waals surface area contributed by atoms with Crippen molar-refractivity contribution in [2.75, 3.05) is 13.1 Å². The van der Waals surface area contributed by atoms with E-state index in [1.54, 1.807) is 19.1 Å². The Hall–Kier alpha value is -2.28. The van der Waals surface area contributed by atoms with Gasteiger partial charge in [-0.15, -0.1) is 0 Å². The first-order valence-corrected chi connectivity index (χ1v) is 6.25. The van der Waals surface area contributed by atoms with Crippen molar-refractivity contribution in [3.05, 3.63) is 24.3 Å². The highest BCUT2D eigenvalue weighted by molar-refractivity contribution is 5.84. The fourth-order valence-electron chi connectivity index (χ4n) is 1.48. The molecule has 0 heterocycles. The maximum Gasteiger partial charge on any atom is 0.326 e. The number of carbonyl (C=O) groups excluding carboxylic acids is 2. The number of amides is 3. The average Bonchev–Trinajstić information content (AvgIpc) is 2.42. The number of aromatic hydroxyl groups is 1. The Balaban J connectivity index is 2.47. The molecule has 0 saturated heterocycles. The zero-order chi connectivity index (χ0) is 15.0. The fraction of sp³-hybridized carbons (Fsp3) is 0.385. The van der Waals surface area contributed by atoms with Crippen LogP contribution in [0.2, 0.25) is 0 Å². The van der Waals surface area contributed by atoms with Gasteiger partial charge in [0.2, 0.25) is 6.41 Å². The molecule has 0 spiro atoms. The average molecular weight is 281 g/mol. The quantitative estimate of drug-likeness (QED) is 0.502. The highest BCUT2D eigenvalue weighted by Crippen LogP contribution is 2.16. The monoisotopic (exact) mass is 281 g/mol. The molecule has 0 aromatic heterocycles. The summed E-state index contributed by atoms with van der Waals surface area (Å²) in [6.07, 6.45) is 0.379. The van der Waals surface area contributed by atoms with Crippen LogP contribution in [-0.2, 0) is 4.79 Å². The van der Waals surface area contributed by atoms with E-state index >= 15 is 0 Å². The predicted molar refractivity (Wildman–Crippen MR) is 73.2 cm³/mol. The van der Waals surface area contributed by atoms with Crippen LogP contribution in [0.5, 0.6) is 11.5 Å². The van der Waals surface area contributed by atoms with Gasteiger partial charge < -0.3 is 20.9 Å². The largest absolute Gasteiger partial charge is 0.508 e. The van der Waals surface area contributed by atoms with Gasteiger partial charge in [0.15, 0.2) is 6.23 Å². The summed E-state index contributed by atoms with van der Waals surface area (Å²) in [6.45, 7) is 2.30. The van der Waals surface area contributed by atoms with Crippen LogP contribution in [0, 0.1) is 0 Å². The molecule has 4 N–H and O–H groups in total. The topological polar surface area (TPSA) is 105 Å². The van der Waals surface area contributed by atoms with E-state index in [4.69, 9.17) is 15.6 Å². The molecule has 1 unspecified atom stereocenters. The lowest BCUT2D eigenvalue weighted by atomic mass is 10.3. The molecule has 3 amide bonds. The second kappa shape index (κ2) is 8.00. The lowest BCUT2D eigenvalue weighted by Gasteiger charge is -2.20. The number of ether oxygens (including phenoxy) is 1. The Kier molecular flexibility index (Phi) is 6.31. The number of urea groups is 1. The fourth-order valence-corrected chi connectivity index (χ4v) is 1.48. The molecular formula is C13H19N3O4. The summed E-state index contributed by atoms with van der Waals surface area (Å²) in [6, 6.07) is 5.55. The maximum absolute atomic E-state index is 11.8. The molecule has 1 atom stereocenters. The summed E-state index contributed by atoms with van der Waals surface area (Å²) in [4.78, 5) is 23.5. The molecule has 110 valence electrons. The SMILES string of the molecule is CC(NC(=O)N(C=O)CCCN)Oc1ccc(O)cc1. The molecular weight excluding hydrogens is 262 g/mol. The standard InChI is InChI=1S/C13H19N3O4/c1-10(20-12-5-3-11(18)4-6-12)15-13(19)16(9-17)8-2-7-14/h3-6,9-10,18H,2,7-8,14H2,1H3,(H,15,19). The lowest BCUT2D eigenvalue weighted by Crippen LogP contribution is -2.45. The van der Waals surface area contributed by atoms with Gasteiger partial charge in [-0.25, -0.2) is 4.79 Å². The van der Waals surface area contributed by atoms with Gasteiger partial charge in [0, 0.05) is 6.54 Å². The minimum absolute atomic E-state index is 0.128. The Morgan fingerprint density at radius 3 is 2.70 bits per heavy atom. The highest BCUT2D eigenvalue weighted by Gasteiger charge is 2.15. The third kappa shape index (κ3) is 5.15. The van der Waals surface area contributed by atoms with Crippen molar-refractivity contribution in [3.63, 3.8) is 0 Å². The molecule has 0 aliphatic carbocycles. The van der Waals surface area contributed by atoms with Crippen LogP contribution >= 0.6 is 0 Å². The van der Waals surface area contributed by atoms with Crippen molar-refractivity contribution in [2.24, 2.45) is 5.73 Å². The van der Waals surface area contributed by atoms with Gasteiger partial charge in [-0.05, 0) is 44.2 Å². The molecule has 7 nitrogen and oxygen atoms in total. The number of phenols is 1. The zero-order valence-electron chi connectivity index (χ0n) is 11.3. The van der Waals surface area contributed by atoms with E-state index < -0.39 is 12.3 Å². The van der Waals surface area contributed by atoms with Gasteiger partial charge in [-0.3, -0.25) is 9.69 Å². The molecule has 7 heteroatoms. The highest BCUT2D eigenvalue weighted by atomic mass is 16.5. The number of rotatable bonds is 7. The number of carbonyl (C=O) groups is 2. The molecule has 1 aromatic carbocycles. The van der Waals surface area contributed by atoms with Gasteiger partial charge in [0.05, 0.1) is 0 Å². The number of hydrogen-bond acceptors (Lipinski definition) is 5. The third-order valence-corrected chi connectivity index (χ3v) is 2.47. The zero-order valence-corrected chi connectivity index (χ0v) is 11.3. The number of nitrogens with zero attached hydrogens (tertiary/aromatic N) is 1. The smallest absolute Gasteiger partial charge is 0.326 e. The molecule has 1 aromatic rings. The van der Waals surface area contributed by atoms with Crippen LogP contribution in [0.25, 0.3) is 0 Å². The van der Waals surface area contributed by atoms with E-state index in [0.717, 1.165) is 4.90 Å². The molecule has 1 rings (SSSR count). The molecule has 0 radical (unpaired) electrons. The minimum Gasteiger partial charge on any atom is -0.508 e. The summed E-state index contributed by atoms with van der Waals surface area (Å²) in [7, 11) is 0. The van der Waals surface area contributed by atoms with Gasteiger partial charge >= 0.3 is 6.03 Å². The summed E-state index contributed by atoms with van der Waals surface area (Å²) in [5, 5.41) is 11.7. The normalized spacial score (nSPS) is 11.5. The summed E-state index contributed by atoms with van der Waals surface area (Å²) < 4.78 is 5.43. The van der Waals surface area contributed by atoms with Crippen LogP contribution in [0.15, 0.2) is 24.3 Å². The first kappa shape index (κ1) is 15.8. The Morgan fingerprint density at radius 1 is 1.50 bits per heavy atom. The molecule has 0 aliphatic heterocycles. The number of nitrogens with two attached hydrogens (primary N) is 1. The second-order valence-electron chi connectivity index (χ2n) is 4.14. The summed E-state index contributed by atoms with van der Waals surface area (Å²) >= 11 is 0. The van der Waals surface area contributed by atoms with Crippen LogP contribution in [0.1, 0.15) is 13.3 Å². The predicted octanol–water partition coefficient (Wildman–Crippen LogP) is 0.634. The molecule has 0 bridgehead atoms. The maximum atomic E-state index is 11.8. The van der Waals surface area contributed by atoms with Crippen molar-refractivity contribution in [3.8, 4) is 11.5 Å². The Labute approximate surface area is 117 Å². The third-order valence-electron chi connectivity index (χ3n) is 2.47. The van der Waals surface area contributed by atoms with E-state index in [0.29, 0.717) is 25.1 Å². The van der Waals surface area contributed by atoms with E-state index in [9.17, 15) is 9.59 Å². The van der Waals surface area contributed by atoms with Gasteiger partial charge in [-0.2, -0.15) is 0 Å². The van der Waals surface area contributed by atoms with E-state index in [1.165, 1.54) is 12.1 Å². The van der Waals surface area contributed by atoms with Crippen LogP contribution < -0.4 is 15.8 Å². The number of imide groups is 1. The number of benzene rings is 1. The van der Waals surface area contributed by atoms with Gasteiger partial charge in [-0.1, -0.05) is 0 Å². The van der Waals surface area contributed by atoms with Crippen LogP contribution in [-0.4, -0.2) is 41.8 Å². The number of phenolic OH excluding ortho intramolecular Hbond substituents is 1. The van der Waals surface area contributed by atoms with E-state index in [2.05, 4.69) is 5.32 Å². The number of hydrogen-bond donors (Lipinski definition) is 3. The minimum atomic E-state index is -0.618. The van der Waals surface area contributed by atoms with Gasteiger partial charge in [0.25, 0.3) is 0 Å². The number of nitrogens with one attached hydrogen (secondary N) is 1. The van der Waals surface area contributed by atoms with E-state index in [-0.39, 0.29) is 12.3 Å². The summed E-state index contributed by atoms with van der Waals surface area (Å²) in [5.41, 5.74) is 5.33. The van der Waals surface area contributed by atoms with Crippen molar-refractivity contribution in [2.45, 2.75) is 19.6 Å². The van der Waals surface area contributed by atoms with Crippen molar-refractivity contribution >= 4 is 12.4 Å². The lowest BCUT2D eigenvalue weighted by molar-refractivity contribution is -0.115. The Bertz CT molecular complexity index is 436. The summed E-state index contributed by atoms with van der Waals surface area (Å²) in [5.74, 6) is 0.623. The first-order valence-electron chi connectivity index (χ1n) is 6.25. The Morgan fingerprint density at radius 2 is 2.15 bits per heavy atom. The van der Waals surface area contributed by atoms with Crippen LogP contribution in [0.4, 0.5) is 4.79 Å².